The maximum Gasteiger partial charge on any atom is 0.241 e. The molecule has 0 spiro atoms. The van der Waals surface area contributed by atoms with E-state index in [4.69, 9.17) is 0 Å². The maximum atomic E-state index is 12.2. The fourth-order valence-electron chi connectivity index (χ4n) is 2.49. The number of rotatable bonds is 3. The summed E-state index contributed by atoms with van der Waals surface area (Å²) in [6.07, 6.45) is 3.60. The van der Waals surface area contributed by atoms with Gasteiger partial charge in [0.25, 0.3) is 0 Å². The number of para-hydroxylation sites is 1. The fourth-order valence-corrected chi connectivity index (χ4v) is 2.49. The van der Waals surface area contributed by atoms with Gasteiger partial charge in [-0.05, 0) is 30.5 Å². The largest absolute Gasteiger partial charge is 0.324 e. The highest BCUT2D eigenvalue weighted by molar-refractivity contribution is 5.96. The Hall–Kier alpha value is -2.14. The zero-order chi connectivity index (χ0) is 13.9. The average molecular weight is 270 g/mol. The molecular weight excluding hydrogens is 252 g/mol. The van der Waals surface area contributed by atoms with Gasteiger partial charge in [-0.2, -0.15) is 5.10 Å². The van der Waals surface area contributed by atoms with Gasteiger partial charge in [-0.25, -0.2) is 0 Å². The minimum Gasteiger partial charge on any atom is -0.324 e. The van der Waals surface area contributed by atoms with Crippen LogP contribution in [0.25, 0.3) is 0 Å². The van der Waals surface area contributed by atoms with Gasteiger partial charge in [0.1, 0.15) is 0 Å². The number of aromatic nitrogens is 2. The monoisotopic (exact) mass is 270 g/mol. The third-order valence-corrected chi connectivity index (χ3v) is 3.59. The molecule has 0 aliphatic carbocycles. The summed E-state index contributed by atoms with van der Waals surface area (Å²) in [4.78, 5) is 12.2. The van der Waals surface area contributed by atoms with Crippen molar-refractivity contribution in [3.8, 4) is 0 Å². The number of benzene rings is 1. The van der Waals surface area contributed by atoms with Gasteiger partial charge in [-0.3, -0.25) is 9.48 Å². The number of carbonyl (C=O) groups excluding carboxylic acids is 1. The second-order valence-corrected chi connectivity index (χ2v) is 5.10. The smallest absolute Gasteiger partial charge is 0.241 e. The Kier molecular flexibility index (Phi) is 3.52. The standard InChI is InChI=1S/C15H18N4O/c1-19-9-8-12(18-19)10-16-14-7-6-11-4-2-3-5-13(11)17-15(14)20/h2-5,8-9,14,16H,6-7,10H2,1H3,(H,17,20). The predicted molar refractivity (Wildman–Crippen MR) is 77.2 cm³/mol. The van der Waals surface area contributed by atoms with Crippen LogP contribution >= 0.6 is 0 Å². The molecule has 2 aromatic rings. The van der Waals surface area contributed by atoms with Crippen LogP contribution in [-0.4, -0.2) is 21.7 Å². The van der Waals surface area contributed by atoms with E-state index in [2.05, 4.69) is 21.8 Å². The summed E-state index contributed by atoms with van der Waals surface area (Å²) in [6.45, 7) is 0.606. The third kappa shape index (κ3) is 2.72. The lowest BCUT2D eigenvalue weighted by Crippen LogP contribution is -2.39. The molecular formula is C15H18N4O. The van der Waals surface area contributed by atoms with E-state index in [-0.39, 0.29) is 11.9 Å². The highest BCUT2D eigenvalue weighted by Gasteiger charge is 2.22. The zero-order valence-corrected chi connectivity index (χ0v) is 11.5. The van der Waals surface area contributed by atoms with Gasteiger partial charge in [-0.1, -0.05) is 18.2 Å². The molecule has 0 fully saturated rings. The molecule has 0 bridgehead atoms. The van der Waals surface area contributed by atoms with Crippen molar-refractivity contribution in [3.05, 3.63) is 47.8 Å². The van der Waals surface area contributed by atoms with E-state index in [0.29, 0.717) is 6.54 Å². The lowest BCUT2D eigenvalue weighted by molar-refractivity contribution is -0.118. The lowest BCUT2D eigenvalue weighted by atomic mass is 10.1. The molecule has 1 atom stereocenters. The van der Waals surface area contributed by atoms with E-state index in [1.165, 1.54) is 5.56 Å². The van der Waals surface area contributed by atoms with Crippen LogP contribution in [-0.2, 0) is 24.8 Å². The third-order valence-electron chi connectivity index (χ3n) is 3.59. The highest BCUT2D eigenvalue weighted by atomic mass is 16.2. The van der Waals surface area contributed by atoms with Gasteiger partial charge in [0.2, 0.25) is 5.91 Å². The Morgan fingerprint density at radius 1 is 1.40 bits per heavy atom. The van der Waals surface area contributed by atoms with Crippen molar-refractivity contribution < 1.29 is 4.79 Å². The molecule has 2 heterocycles. The number of nitrogens with zero attached hydrogens (tertiary/aromatic N) is 2. The molecule has 2 N–H and O–H groups in total. The topological polar surface area (TPSA) is 59.0 Å². The maximum absolute atomic E-state index is 12.2. The molecule has 20 heavy (non-hydrogen) atoms. The zero-order valence-electron chi connectivity index (χ0n) is 11.5. The molecule has 1 aromatic carbocycles. The number of carbonyl (C=O) groups is 1. The van der Waals surface area contributed by atoms with Gasteiger partial charge in [0, 0.05) is 25.5 Å². The molecule has 1 amide bonds. The van der Waals surface area contributed by atoms with Crippen molar-refractivity contribution in [2.75, 3.05) is 5.32 Å². The number of anilines is 1. The van der Waals surface area contributed by atoms with Crippen LogP contribution in [0.2, 0.25) is 0 Å². The fraction of sp³-hybridized carbons (Fsp3) is 0.333. The van der Waals surface area contributed by atoms with E-state index in [1.807, 2.05) is 37.5 Å². The summed E-state index contributed by atoms with van der Waals surface area (Å²) < 4.78 is 1.76. The van der Waals surface area contributed by atoms with Crippen LogP contribution in [0.15, 0.2) is 36.5 Å². The van der Waals surface area contributed by atoms with Crippen molar-refractivity contribution in [1.29, 1.82) is 0 Å². The number of aryl methyl sites for hydroxylation is 2. The number of hydrogen-bond donors (Lipinski definition) is 2. The van der Waals surface area contributed by atoms with E-state index in [0.717, 1.165) is 24.2 Å². The number of amides is 1. The average Bonchev–Trinajstić information content (AvgIpc) is 2.78. The molecule has 0 saturated carbocycles. The minimum absolute atomic E-state index is 0.0332. The molecule has 1 aliphatic heterocycles. The van der Waals surface area contributed by atoms with Crippen molar-refractivity contribution >= 4 is 11.6 Å². The Bertz CT molecular complexity index is 620. The van der Waals surface area contributed by atoms with Gasteiger partial charge in [0.15, 0.2) is 0 Å². The molecule has 1 unspecified atom stereocenters. The number of hydrogen-bond acceptors (Lipinski definition) is 3. The van der Waals surface area contributed by atoms with Gasteiger partial charge in [-0.15, -0.1) is 0 Å². The molecule has 5 nitrogen and oxygen atoms in total. The Morgan fingerprint density at radius 3 is 3.05 bits per heavy atom. The van der Waals surface area contributed by atoms with E-state index in [9.17, 15) is 4.79 Å². The Morgan fingerprint density at radius 2 is 2.25 bits per heavy atom. The first kappa shape index (κ1) is 12.9. The highest BCUT2D eigenvalue weighted by Crippen LogP contribution is 2.21. The van der Waals surface area contributed by atoms with Crippen LogP contribution in [0.3, 0.4) is 0 Å². The second-order valence-electron chi connectivity index (χ2n) is 5.10. The summed E-state index contributed by atoms with van der Waals surface area (Å²) in [5.74, 6) is 0.0332. The minimum atomic E-state index is -0.176. The van der Waals surface area contributed by atoms with Crippen LogP contribution in [0.5, 0.6) is 0 Å². The predicted octanol–water partition coefficient (Wildman–Crippen LogP) is 1.46. The second kappa shape index (κ2) is 5.46. The van der Waals surface area contributed by atoms with E-state index < -0.39 is 0 Å². The van der Waals surface area contributed by atoms with E-state index in [1.54, 1.807) is 4.68 Å². The quantitative estimate of drug-likeness (QED) is 0.888. The Balaban J connectivity index is 1.65. The number of nitrogens with one attached hydrogen (secondary N) is 2. The van der Waals surface area contributed by atoms with Gasteiger partial charge in [0.05, 0.1) is 11.7 Å². The number of fused-ring (bicyclic) bond motifs is 1. The SMILES string of the molecule is Cn1ccc(CNC2CCc3ccccc3NC2=O)n1. The molecule has 0 saturated heterocycles. The molecule has 0 radical (unpaired) electrons. The van der Waals surface area contributed by atoms with Crippen molar-refractivity contribution in [3.63, 3.8) is 0 Å². The molecule has 3 rings (SSSR count). The van der Waals surface area contributed by atoms with Gasteiger partial charge < -0.3 is 10.6 Å². The van der Waals surface area contributed by atoms with Crippen LogP contribution in [0, 0.1) is 0 Å². The van der Waals surface area contributed by atoms with Crippen molar-refractivity contribution in [2.45, 2.75) is 25.4 Å². The molecule has 1 aromatic heterocycles. The summed E-state index contributed by atoms with van der Waals surface area (Å²) in [5, 5.41) is 10.6. The van der Waals surface area contributed by atoms with Crippen LogP contribution < -0.4 is 10.6 Å². The molecule has 1 aliphatic rings. The Labute approximate surface area is 118 Å². The first-order valence-corrected chi connectivity index (χ1v) is 6.83. The van der Waals surface area contributed by atoms with E-state index >= 15 is 0 Å². The normalized spacial score (nSPS) is 18.2. The van der Waals surface area contributed by atoms with Crippen molar-refractivity contribution in [1.82, 2.24) is 15.1 Å². The first-order chi connectivity index (χ1) is 9.72. The van der Waals surface area contributed by atoms with Crippen LogP contribution in [0.1, 0.15) is 17.7 Å². The summed E-state index contributed by atoms with van der Waals surface area (Å²) in [7, 11) is 1.89. The lowest BCUT2D eigenvalue weighted by Gasteiger charge is -2.14. The van der Waals surface area contributed by atoms with Gasteiger partial charge >= 0.3 is 0 Å². The summed E-state index contributed by atoms with van der Waals surface area (Å²) in [5.41, 5.74) is 3.07. The molecule has 104 valence electrons. The van der Waals surface area contributed by atoms with Crippen LogP contribution in [0.4, 0.5) is 5.69 Å². The summed E-state index contributed by atoms with van der Waals surface area (Å²) in [6, 6.07) is 9.75. The first-order valence-electron chi connectivity index (χ1n) is 6.83. The van der Waals surface area contributed by atoms with Crippen molar-refractivity contribution in [2.24, 2.45) is 7.05 Å². The summed E-state index contributed by atoms with van der Waals surface area (Å²) >= 11 is 0. The molecule has 5 heteroatoms.